The number of phenolic OH excluding ortho intramolecular Hbond substituents is 2. The molecule has 1 aromatic heterocycles. The van der Waals surface area contributed by atoms with Crippen LogP contribution in [-0.2, 0) is 19.1 Å². The van der Waals surface area contributed by atoms with E-state index in [0.717, 1.165) is 12.1 Å². The second kappa shape index (κ2) is 11.1. The van der Waals surface area contributed by atoms with E-state index in [0.29, 0.717) is 5.56 Å². The van der Waals surface area contributed by atoms with Crippen molar-refractivity contribution in [2.75, 3.05) is 13.2 Å². The zero-order valence-electron chi connectivity index (χ0n) is 19.9. The molecule has 202 valence electrons. The first-order valence-corrected chi connectivity index (χ1v) is 11.5. The minimum atomic E-state index is -1.94. The number of esters is 1. The summed E-state index contributed by atoms with van der Waals surface area (Å²) in [6.07, 6.45) is -9.41. The van der Waals surface area contributed by atoms with Gasteiger partial charge in [-0.25, -0.2) is 0 Å². The van der Waals surface area contributed by atoms with Crippen molar-refractivity contribution in [2.45, 2.75) is 37.6 Å². The Morgan fingerprint density at radius 3 is 2.39 bits per heavy atom. The Morgan fingerprint density at radius 1 is 1.00 bits per heavy atom. The molecule has 4 rings (SSSR count). The molecule has 13 heteroatoms. The summed E-state index contributed by atoms with van der Waals surface area (Å²) in [7, 11) is 0. The third-order valence-electron chi connectivity index (χ3n) is 5.77. The molecule has 2 aromatic carbocycles. The van der Waals surface area contributed by atoms with Gasteiger partial charge in [0.2, 0.25) is 12.0 Å². The molecule has 3 aromatic rings. The maximum Gasteiger partial charge on any atom is 0.325 e. The average molecular weight is 531 g/mol. The SMILES string of the molecule is CCOC(=O)CNC(=O)[C@@H]1O[C@@H](Oc2cc3oc(-c4ccccc4)cc(=O)c3c(O)c2O)[C@H](O)[C@@H](O)[C@@H]1O. The molecule has 1 amide bonds. The Labute approximate surface area is 214 Å². The minimum absolute atomic E-state index is 0.0765. The van der Waals surface area contributed by atoms with Crippen molar-refractivity contribution in [1.82, 2.24) is 5.32 Å². The van der Waals surface area contributed by atoms with E-state index in [1.807, 2.05) is 0 Å². The number of aromatic hydroxyl groups is 2. The van der Waals surface area contributed by atoms with Crippen LogP contribution in [-0.4, -0.2) is 81.3 Å². The van der Waals surface area contributed by atoms with Crippen LogP contribution in [0.3, 0.4) is 0 Å². The highest BCUT2D eigenvalue weighted by atomic mass is 16.7. The summed E-state index contributed by atoms with van der Waals surface area (Å²) in [6, 6.07) is 10.8. The Hall–Kier alpha value is -4.17. The number of aliphatic hydroxyl groups excluding tert-OH is 3. The van der Waals surface area contributed by atoms with E-state index in [1.54, 1.807) is 37.3 Å². The third kappa shape index (κ3) is 5.26. The fourth-order valence-electron chi connectivity index (χ4n) is 3.86. The molecule has 0 saturated carbocycles. The molecule has 1 aliphatic rings. The molecule has 1 saturated heterocycles. The monoisotopic (exact) mass is 531 g/mol. The number of hydrogen-bond donors (Lipinski definition) is 6. The van der Waals surface area contributed by atoms with Crippen molar-refractivity contribution < 1.29 is 53.7 Å². The van der Waals surface area contributed by atoms with E-state index in [1.165, 1.54) is 0 Å². The van der Waals surface area contributed by atoms with E-state index in [4.69, 9.17) is 18.6 Å². The first-order valence-electron chi connectivity index (χ1n) is 11.5. The summed E-state index contributed by atoms with van der Waals surface area (Å²) < 4.78 is 21.2. The van der Waals surface area contributed by atoms with Crippen LogP contribution in [0.2, 0.25) is 0 Å². The van der Waals surface area contributed by atoms with Gasteiger partial charge in [0.25, 0.3) is 5.91 Å². The number of amides is 1. The van der Waals surface area contributed by atoms with Gasteiger partial charge in [-0.1, -0.05) is 30.3 Å². The molecular weight excluding hydrogens is 506 g/mol. The number of hydrogen-bond acceptors (Lipinski definition) is 12. The largest absolute Gasteiger partial charge is 0.504 e. The molecule has 38 heavy (non-hydrogen) atoms. The molecule has 0 bridgehead atoms. The van der Waals surface area contributed by atoms with Crippen molar-refractivity contribution >= 4 is 22.8 Å². The van der Waals surface area contributed by atoms with Gasteiger partial charge in [-0.05, 0) is 6.92 Å². The zero-order valence-corrected chi connectivity index (χ0v) is 19.9. The van der Waals surface area contributed by atoms with Gasteiger partial charge in [0, 0.05) is 17.7 Å². The standard InChI is InChI=1S/C25H25NO12/c1-2-35-16(28)10-26-24(34)23-21(32)20(31)22(33)25(38-23)37-15-9-14-17(19(30)18(15)29)12(27)8-13(36-14)11-6-4-3-5-7-11/h3-9,20-23,25,29-33H,2,10H2,1H3,(H,26,34)/t20-,21-,22+,23+,25+/m0/s1. The lowest BCUT2D eigenvalue weighted by molar-refractivity contribution is -0.267. The molecule has 0 unspecified atom stereocenters. The average Bonchev–Trinajstić information content (AvgIpc) is 2.90. The Kier molecular flexibility index (Phi) is 7.83. The maximum atomic E-state index is 12.7. The number of fused-ring (bicyclic) bond motifs is 1. The number of phenols is 2. The van der Waals surface area contributed by atoms with Gasteiger partial charge in [0.1, 0.15) is 41.6 Å². The highest BCUT2D eigenvalue weighted by Crippen LogP contribution is 2.42. The second-order valence-electron chi connectivity index (χ2n) is 8.32. The van der Waals surface area contributed by atoms with E-state index in [2.05, 4.69) is 5.32 Å². The number of benzene rings is 2. The summed E-state index contributed by atoms with van der Waals surface area (Å²) in [4.78, 5) is 36.7. The molecule has 0 spiro atoms. The van der Waals surface area contributed by atoms with Gasteiger partial charge < -0.3 is 49.5 Å². The predicted molar refractivity (Wildman–Crippen MR) is 128 cm³/mol. The van der Waals surface area contributed by atoms with Crippen molar-refractivity contribution in [1.29, 1.82) is 0 Å². The van der Waals surface area contributed by atoms with Crippen molar-refractivity contribution in [2.24, 2.45) is 0 Å². The molecule has 1 fully saturated rings. The van der Waals surface area contributed by atoms with Crippen molar-refractivity contribution in [3.63, 3.8) is 0 Å². The predicted octanol–water partition coefficient (Wildman–Crippen LogP) is -0.263. The van der Waals surface area contributed by atoms with E-state index >= 15 is 0 Å². The molecule has 13 nitrogen and oxygen atoms in total. The number of nitrogens with one attached hydrogen (secondary N) is 1. The fraction of sp³-hybridized carbons (Fsp3) is 0.320. The lowest BCUT2D eigenvalue weighted by atomic mass is 9.98. The Bertz CT molecular complexity index is 1390. The summed E-state index contributed by atoms with van der Waals surface area (Å²) in [5.41, 5.74) is -0.284. The Morgan fingerprint density at radius 2 is 1.71 bits per heavy atom. The summed E-state index contributed by atoms with van der Waals surface area (Å²) in [5.74, 6) is -3.93. The van der Waals surface area contributed by atoms with Gasteiger partial charge in [-0.2, -0.15) is 0 Å². The highest BCUT2D eigenvalue weighted by Gasteiger charge is 2.48. The van der Waals surface area contributed by atoms with Gasteiger partial charge in [-0.3, -0.25) is 14.4 Å². The normalized spacial score (nSPS) is 23.1. The van der Waals surface area contributed by atoms with Crippen molar-refractivity contribution in [3.8, 4) is 28.6 Å². The molecule has 1 aliphatic heterocycles. The zero-order chi connectivity index (χ0) is 27.6. The number of carbonyl (C=O) groups is 2. The number of rotatable bonds is 7. The van der Waals surface area contributed by atoms with Crippen LogP contribution in [0.1, 0.15) is 6.92 Å². The number of carbonyl (C=O) groups excluding carboxylic acids is 2. The van der Waals surface area contributed by atoms with Crippen LogP contribution >= 0.6 is 0 Å². The van der Waals surface area contributed by atoms with Crippen molar-refractivity contribution in [3.05, 3.63) is 52.7 Å². The van der Waals surface area contributed by atoms with Crippen LogP contribution in [0.5, 0.6) is 17.2 Å². The van der Waals surface area contributed by atoms with Gasteiger partial charge >= 0.3 is 5.97 Å². The second-order valence-corrected chi connectivity index (χ2v) is 8.32. The fourth-order valence-corrected chi connectivity index (χ4v) is 3.86. The molecule has 0 radical (unpaired) electrons. The molecular formula is C25H25NO12. The number of ether oxygens (including phenoxy) is 3. The van der Waals surface area contributed by atoms with Gasteiger partial charge in [0.05, 0.1) is 6.61 Å². The molecule has 0 aliphatic carbocycles. The molecule has 2 heterocycles. The summed E-state index contributed by atoms with van der Waals surface area (Å²) in [5, 5.41) is 53.7. The minimum Gasteiger partial charge on any atom is -0.504 e. The smallest absolute Gasteiger partial charge is 0.325 e. The van der Waals surface area contributed by atoms with Crippen LogP contribution in [0.15, 0.2) is 51.7 Å². The first-order chi connectivity index (χ1) is 18.1. The van der Waals surface area contributed by atoms with Crippen LogP contribution in [0, 0.1) is 0 Å². The quantitative estimate of drug-likeness (QED) is 0.172. The summed E-state index contributed by atoms with van der Waals surface area (Å²) in [6.45, 7) is 1.10. The maximum absolute atomic E-state index is 12.7. The molecule has 6 N–H and O–H groups in total. The van der Waals surface area contributed by atoms with E-state index in [9.17, 15) is 39.9 Å². The van der Waals surface area contributed by atoms with Crippen LogP contribution in [0.25, 0.3) is 22.3 Å². The van der Waals surface area contributed by atoms with Crippen LogP contribution in [0.4, 0.5) is 0 Å². The van der Waals surface area contributed by atoms with E-state index in [-0.39, 0.29) is 23.3 Å². The first kappa shape index (κ1) is 26.9. The van der Waals surface area contributed by atoms with E-state index < -0.39 is 71.8 Å². The summed E-state index contributed by atoms with van der Waals surface area (Å²) >= 11 is 0. The van der Waals surface area contributed by atoms with Crippen LogP contribution < -0.4 is 15.5 Å². The van der Waals surface area contributed by atoms with Gasteiger partial charge in [0.15, 0.2) is 23.0 Å². The van der Waals surface area contributed by atoms with Gasteiger partial charge in [-0.15, -0.1) is 0 Å². The highest BCUT2D eigenvalue weighted by molar-refractivity contribution is 5.89. The Balaban J connectivity index is 1.63. The number of aliphatic hydroxyl groups is 3. The topological polar surface area (TPSA) is 205 Å². The lowest BCUT2D eigenvalue weighted by Gasteiger charge is -2.39. The molecule has 5 atom stereocenters. The third-order valence-corrected chi connectivity index (χ3v) is 5.77. The lowest BCUT2D eigenvalue weighted by Crippen LogP contribution is -2.63.